The average Bonchev–Trinajstić information content (AvgIpc) is 3.03. The molecule has 0 spiro atoms. The molecule has 2 atom stereocenters. The van der Waals surface area contributed by atoms with Crippen molar-refractivity contribution in [3.63, 3.8) is 0 Å². The molecule has 4 heteroatoms. The lowest BCUT2D eigenvalue weighted by Gasteiger charge is -2.45. The molecule has 1 aliphatic carbocycles. The van der Waals surface area contributed by atoms with Crippen molar-refractivity contribution in [3.05, 3.63) is 65.7 Å². The van der Waals surface area contributed by atoms with Crippen LogP contribution in [-0.4, -0.2) is 15.8 Å². The smallest absolute Gasteiger partial charge is 0.258 e. The Morgan fingerprint density at radius 3 is 2.21 bits per heavy atom. The van der Waals surface area contributed by atoms with E-state index < -0.39 is 9.87 Å². The summed E-state index contributed by atoms with van der Waals surface area (Å²) in [6.45, 7) is 6.21. The first-order valence-electron chi connectivity index (χ1n) is 8.11. The molecule has 24 heavy (non-hydrogen) atoms. The third-order valence-corrected chi connectivity index (χ3v) is 6.98. The van der Waals surface area contributed by atoms with Gasteiger partial charge in [0, 0.05) is 28.1 Å². The number of anilines is 1. The second kappa shape index (κ2) is 4.77. The Bertz CT molecular complexity index is 831. The fraction of sp³-hybridized carbons (Fsp3) is 0.350. The van der Waals surface area contributed by atoms with Crippen molar-refractivity contribution in [2.24, 2.45) is 5.92 Å². The van der Waals surface area contributed by atoms with E-state index in [1.807, 2.05) is 59.5 Å². The third kappa shape index (κ3) is 1.76. The highest BCUT2D eigenvalue weighted by atomic mass is 35.5. The van der Waals surface area contributed by atoms with E-state index in [-0.39, 0.29) is 17.2 Å². The molecule has 0 unspecified atom stereocenters. The highest BCUT2D eigenvalue weighted by Crippen LogP contribution is 2.76. The molecule has 2 aromatic rings. The first kappa shape index (κ1) is 16.0. The normalized spacial score (nSPS) is 28.7. The van der Waals surface area contributed by atoms with Crippen molar-refractivity contribution in [3.8, 4) is 0 Å². The number of amides is 1. The van der Waals surface area contributed by atoms with Crippen molar-refractivity contribution in [2.45, 2.75) is 36.1 Å². The molecule has 2 nitrogen and oxygen atoms in total. The minimum absolute atomic E-state index is 0.0221. The maximum absolute atomic E-state index is 13.3. The highest BCUT2D eigenvalue weighted by molar-refractivity contribution is 6.53. The van der Waals surface area contributed by atoms with Crippen LogP contribution in [0.3, 0.4) is 0 Å². The summed E-state index contributed by atoms with van der Waals surface area (Å²) in [7, 11) is 0. The first-order valence-corrected chi connectivity index (χ1v) is 8.86. The molecular weight excluding hydrogens is 341 g/mol. The van der Waals surface area contributed by atoms with E-state index in [4.69, 9.17) is 23.2 Å². The van der Waals surface area contributed by atoms with Gasteiger partial charge in [0.15, 0.2) is 0 Å². The summed E-state index contributed by atoms with van der Waals surface area (Å²) >= 11 is 13.4. The molecule has 2 aromatic carbocycles. The fourth-order valence-corrected chi connectivity index (χ4v) is 5.93. The molecule has 0 radical (unpaired) electrons. The number of benzene rings is 2. The van der Waals surface area contributed by atoms with Crippen LogP contribution in [-0.2, 0) is 5.41 Å². The zero-order valence-electron chi connectivity index (χ0n) is 13.9. The Balaban J connectivity index is 1.93. The van der Waals surface area contributed by atoms with Crippen molar-refractivity contribution in [2.75, 3.05) is 4.90 Å². The zero-order chi connectivity index (χ0) is 17.3. The standard InChI is InChI=1S/C20H19Cl2NO/c1-18(2)17-19(3,20(17,21)22)14-11-7-8-12-15(14)23(18)16(24)13-9-5-4-6-10-13/h4-12,17H,1-3H3/t17-,19-/m1/s1. The van der Waals surface area contributed by atoms with Crippen LogP contribution in [0.15, 0.2) is 54.6 Å². The molecule has 1 amide bonds. The van der Waals surface area contributed by atoms with Crippen LogP contribution in [0, 0.1) is 5.92 Å². The van der Waals surface area contributed by atoms with E-state index in [0.717, 1.165) is 11.3 Å². The number of para-hydroxylation sites is 1. The Morgan fingerprint density at radius 2 is 1.54 bits per heavy atom. The highest BCUT2D eigenvalue weighted by Gasteiger charge is 2.81. The van der Waals surface area contributed by atoms with Gasteiger partial charge in [-0.25, -0.2) is 0 Å². The van der Waals surface area contributed by atoms with Crippen molar-refractivity contribution < 1.29 is 4.79 Å². The number of alkyl halides is 2. The van der Waals surface area contributed by atoms with Crippen LogP contribution in [0.1, 0.15) is 36.7 Å². The van der Waals surface area contributed by atoms with E-state index in [1.165, 1.54) is 0 Å². The van der Waals surface area contributed by atoms with Crippen molar-refractivity contribution in [1.82, 2.24) is 0 Å². The number of nitrogens with zero attached hydrogens (tertiary/aromatic N) is 1. The molecule has 0 bridgehead atoms. The number of rotatable bonds is 1. The third-order valence-electron chi connectivity index (χ3n) is 5.76. The van der Waals surface area contributed by atoms with Crippen LogP contribution >= 0.6 is 23.2 Å². The summed E-state index contributed by atoms with van der Waals surface area (Å²) in [6, 6.07) is 17.3. The number of hydrogen-bond acceptors (Lipinski definition) is 1. The Labute approximate surface area is 152 Å². The van der Waals surface area contributed by atoms with E-state index in [9.17, 15) is 4.79 Å². The maximum Gasteiger partial charge on any atom is 0.258 e. The van der Waals surface area contributed by atoms with Crippen LogP contribution in [0.5, 0.6) is 0 Å². The van der Waals surface area contributed by atoms with Gasteiger partial charge in [-0.05, 0) is 37.6 Å². The van der Waals surface area contributed by atoms with Gasteiger partial charge in [-0.15, -0.1) is 23.2 Å². The number of fused-ring (bicyclic) bond motifs is 3. The molecule has 0 N–H and O–H groups in total. The zero-order valence-corrected chi connectivity index (χ0v) is 15.4. The molecule has 0 aromatic heterocycles. The van der Waals surface area contributed by atoms with Crippen LogP contribution in [0.25, 0.3) is 0 Å². The Hall–Kier alpha value is -1.51. The molecule has 124 valence electrons. The molecule has 1 aliphatic heterocycles. The van der Waals surface area contributed by atoms with Crippen LogP contribution < -0.4 is 4.90 Å². The Kier molecular flexibility index (Phi) is 3.18. The molecule has 0 saturated heterocycles. The quantitative estimate of drug-likeness (QED) is 0.641. The van der Waals surface area contributed by atoms with Crippen molar-refractivity contribution >= 4 is 34.8 Å². The second-order valence-corrected chi connectivity index (χ2v) is 8.82. The summed E-state index contributed by atoms with van der Waals surface area (Å²) in [5, 5.41) is 0. The maximum atomic E-state index is 13.3. The summed E-state index contributed by atoms with van der Waals surface area (Å²) in [6.07, 6.45) is 0. The second-order valence-electron chi connectivity index (χ2n) is 7.44. The van der Waals surface area contributed by atoms with Crippen molar-refractivity contribution in [1.29, 1.82) is 0 Å². The largest absolute Gasteiger partial charge is 0.302 e. The van der Waals surface area contributed by atoms with Crippen LogP contribution in [0.2, 0.25) is 0 Å². The first-order chi connectivity index (χ1) is 11.2. The Morgan fingerprint density at radius 1 is 0.958 bits per heavy atom. The molecule has 1 fully saturated rings. The van der Waals surface area contributed by atoms with Gasteiger partial charge in [-0.2, -0.15) is 0 Å². The van der Waals surface area contributed by atoms with Gasteiger partial charge in [0.05, 0.1) is 0 Å². The lowest BCUT2D eigenvalue weighted by Crippen LogP contribution is -2.54. The lowest BCUT2D eigenvalue weighted by atomic mass is 9.79. The number of hydrogen-bond donors (Lipinski definition) is 0. The number of carbonyl (C=O) groups excluding carboxylic acids is 1. The molecular formula is C20H19Cl2NO. The van der Waals surface area contributed by atoms with E-state index >= 15 is 0 Å². The predicted molar refractivity (Wildman–Crippen MR) is 99.1 cm³/mol. The van der Waals surface area contributed by atoms with Gasteiger partial charge in [0.2, 0.25) is 0 Å². The van der Waals surface area contributed by atoms with Gasteiger partial charge in [-0.1, -0.05) is 43.3 Å². The summed E-state index contributed by atoms with van der Waals surface area (Å²) in [5.41, 5.74) is 1.78. The van der Waals surface area contributed by atoms with Gasteiger partial charge < -0.3 is 4.90 Å². The average molecular weight is 360 g/mol. The number of halogens is 2. The number of carbonyl (C=O) groups is 1. The van der Waals surface area contributed by atoms with Crippen LogP contribution in [0.4, 0.5) is 5.69 Å². The topological polar surface area (TPSA) is 20.3 Å². The van der Waals surface area contributed by atoms with E-state index in [0.29, 0.717) is 5.56 Å². The van der Waals surface area contributed by atoms with E-state index in [2.05, 4.69) is 20.8 Å². The fourth-order valence-electron chi connectivity index (χ4n) is 4.64. The lowest BCUT2D eigenvalue weighted by molar-refractivity contribution is 0.0950. The summed E-state index contributed by atoms with van der Waals surface area (Å²) in [4.78, 5) is 15.2. The minimum atomic E-state index is -0.877. The van der Waals surface area contributed by atoms with Gasteiger partial charge in [0.25, 0.3) is 5.91 Å². The van der Waals surface area contributed by atoms with E-state index in [1.54, 1.807) is 0 Å². The molecule has 1 heterocycles. The van der Waals surface area contributed by atoms with Gasteiger partial charge in [0.1, 0.15) is 4.33 Å². The molecule has 1 saturated carbocycles. The molecule has 4 rings (SSSR count). The monoisotopic (exact) mass is 359 g/mol. The van der Waals surface area contributed by atoms with Gasteiger partial charge in [-0.3, -0.25) is 4.79 Å². The molecule has 2 aliphatic rings. The summed E-state index contributed by atoms with van der Waals surface area (Å²) < 4.78 is -0.877. The SMILES string of the molecule is CC1(C)[C@H]2C(Cl)(Cl)[C@]2(C)c2ccccc2N1C(=O)c1ccccc1. The predicted octanol–water partition coefficient (Wildman–Crippen LogP) is 5.19. The summed E-state index contributed by atoms with van der Waals surface area (Å²) in [5.74, 6) is -0.0467. The van der Waals surface area contributed by atoms with Gasteiger partial charge >= 0.3 is 0 Å². The minimum Gasteiger partial charge on any atom is -0.302 e.